The Morgan fingerprint density at radius 1 is 1.17 bits per heavy atom. The Morgan fingerprint density at radius 3 is 2.62 bits per heavy atom. The van der Waals surface area contributed by atoms with Gasteiger partial charge in [-0.1, -0.05) is 0 Å². The van der Waals surface area contributed by atoms with Crippen LogP contribution in [0.15, 0.2) is 37.2 Å². The number of carbonyl (C=O) groups is 1. The molecule has 2 aromatic heterocycles. The second-order valence-electron chi connectivity index (χ2n) is 5.88. The average Bonchev–Trinajstić information content (AvgIpc) is 2.63. The average molecular weight is 327 g/mol. The predicted molar refractivity (Wildman–Crippen MR) is 89.5 cm³/mol. The Morgan fingerprint density at radius 2 is 1.88 bits per heavy atom. The molecule has 0 saturated carbocycles. The number of rotatable bonds is 5. The van der Waals surface area contributed by atoms with E-state index in [4.69, 9.17) is 4.74 Å². The van der Waals surface area contributed by atoms with Gasteiger partial charge in [0.2, 0.25) is 0 Å². The molecule has 0 aliphatic carbocycles. The molecule has 7 nitrogen and oxygen atoms in total. The monoisotopic (exact) mass is 327 g/mol. The van der Waals surface area contributed by atoms with Gasteiger partial charge in [0, 0.05) is 61.6 Å². The highest BCUT2D eigenvalue weighted by atomic mass is 16.5. The van der Waals surface area contributed by atoms with Gasteiger partial charge in [0.05, 0.1) is 18.8 Å². The van der Waals surface area contributed by atoms with Gasteiger partial charge in [0.15, 0.2) is 0 Å². The molecule has 126 valence electrons. The van der Waals surface area contributed by atoms with Crippen LogP contribution in [0.1, 0.15) is 17.3 Å². The Labute approximate surface area is 141 Å². The second kappa shape index (κ2) is 7.94. The van der Waals surface area contributed by atoms with Crippen LogP contribution in [0.2, 0.25) is 0 Å². The number of carbonyl (C=O) groups excluding carboxylic acids is 1. The van der Waals surface area contributed by atoms with Crippen LogP contribution >= 0.6 is 0 Å². The minimum absolute atomic E-state index is 0.0549. The van der Waals surface area contributed by atoms with E-state index in [1.165, 1.54) is 6.33 Å². The third-order valence-corrected chi connectivity index (χ3v) is 3.91. The lowest BCUT2D eigenvalue weighted by Gasteiger charge is -2.29. The molecule has 7 heteroatoms. The zero-order chi connectivity index (χ0) is 16.8. The van der Waals surface area contributed by atoms with Gasteiger partial charge in [0.25, 0.3) is 5.91 Å². The maximum atomic E-state index is 12.5. The lowest BCUT2D eigenvalue weighted by molar-refractivity contribution is 0.0342. The van der Waals surface area contributed by atoms with Gasteiger partial charge in [0.1, 0.15) is 6.33 Å². The molecule has 1 N–H and O–H groups in total. The summed E-state index contributed by atoms with van der Waals surface area (Å²) >= 11 is 0. The van der Waals surface area contributed by atoms with E-state index in [1.807, 2.05) is 13.0 Å². The van der Waals surface area contributed by atoms with E-state index >= 15 is 0 Å². The number of hydrogen-bond acceptors (Lipinski definition) is 6. The van der Waals surface area contributed by atoms with Crippen molar-refractivity contribution in [3.8, 4) is 11.1 Å². The van der Waals surface area contributed by atoms with Crippen molar-refractivity contribution in [3.05, 3.63) is 42.7 Å². The van der Waals surface area contributed by atoms with Crippen LogP contribution in [0.4, 0.5) is 0 Å². The molecule has 24 heavy (non-hydrogen) atoms. The van der Waals surface area contributed by atoms with Gasteiger partial charge < -0.3 is 10.1 Å². The molecule has 0 spiro atoms. The summed E-state index contributed by atoms with van der Waals surface area (Å²) in [6, 6.07) is 1.86. The van der Waals surface area contributed by atoms with Gasteiger partial charge in [-0.05, 0) is 13.0 Å². The Balaban J connectivity index is 1.62. The Kier molecular flexibility index (Phi) is 5.45. The van der Waals surface area contributed by atoms with Gasteiger partial charge in [-0.2, -0.15) is 0 Å². The second-order valence-corrected chi connectivity index (χ2v) is 5.88. The molecule has 1 unspecified atom stereocenters. The van der Waals surface area contributed by atoms with E-state index in [0.717, 1.165) is 44.0 Å². The van der Waals surface area contributed by atoms with Crippen molar-refractivity contribution in [1.29, 1.82) is 0 Å². The van der Waals surface area contributed by atoms with E-state index in [2.05, 4.69) is 25.2 Å². The maximum Gasteiger partial charge on any atom is 0.253 e. The lowest BCUT2D eigenvalue weighted by atomic mass is 10.1. The molecule has 1 fully saturated rings. The van der Waals surface area contributed by atoms with Crippen molar-refractivity contribution in [2.24, 2.45) is 0 Å². The third kappa shape index (κ3) is 4.33. The van der Waals surface area contributed by atoms with Crippen LogP contribution in [0.5, 0.6) is 0 Å². The standard InChI is InChI=1S/C17H21N5O2/c1-13(11-22-2-4-24-5-3-22)21-17(23)15-6-14(7-18-8-15)16-9-19-12-20-10-16/h6-10,12-13H,2-5,11H2,1H3,(H,21,23). The first kappa shape index (κ1) is 16.5. The fourth-order valence-electron chi connectivity index (χ4n) is 2.69. The molecule has 1 saturated heterocycles. The summed E-state index contributed by atoms with van der Waals surface area (Å²) in [4.78, 5) is 26.9. The number of amides is 1. The first-order valence-corrected chi connectivity index (χ1v) is 8.04. The van der Waals surface area contributed by atoms with Crippen LogP contribution in [0, 0.1) is 0 Å². The number of nitrogens with zero attached hydrogens (tertiary/aromatic N) is 4. The first-order chi connectivity index (χ1) is 11.7. The van der Waals surface area contributed by atoms with Crippen LogP contribution < -0.4 is 5.32 Å². The highest BCUT2D eigenvalue weighted by Crippen LogP contribution is 2.17. The number of ether oxygens (including phenoxy) is 1. The van der Waals surface area contributed by atoms with Crippen molar-refractivity contribution < 1.29 is 9.53 Å². The highest BCUT2D eigenvalue weighted by molar-refractivity contribution is 5.95. The highest BCUT2D eigenvalue weighted by Gasteiger charge is 2.16. The van der Waals surface area contributed by atoms with Gasteiger partial charge in [-0.3, -0.25) is 14.7 Å². The number of hydrogen-bond donors (Lipinski definition) is 1. The number of morpholine rings is 1. The zero-order valence-corrected chi connectivity index (χ0v) is 13.7. The fourth-order valence-corrected chi connectivity index (χ4v) is 2.69. The molecule has 1 aliphatic heterocycles. The Hall–Kier alpha value is -2.38. The van der Waals surface area contributed by atoms with Crippen molar-refractivity contribution >= 4 is 5.91 Å². The lowest BCUT2D eigenvalue weighted by Crippen LogP contribution is -2.46. The minimum Gasteiger partial charge on any atom is -0.379 e. The van der Waals surface area contributed by atoms with Crippen molar-refractivity contribution in [1.82, 2.24) is 25.2 Å². The van der Waals surface area contributed by atoms with E-state index in [0.29, 0.717) is 5.56 Å². The van der Waals surface area contributed by atoms with E-state index in [1.54, 1.807) is 24.8 Å². The summed E-state index contributed by atoms with van der Waals surface area (Å²) in [6.45, 7) is 6.15. The molecule has 0 aromatic carbocycles. The SMILES string of the molecule is CC(CN1CCOCC1)NC(=O)c1cncc(-c2cncnc2)c1. The van der Waals surface area contributed by atoms with Crippen LogP contribution in [0.25, 0.3) is 11.1 Å². The van der Waals surface area contributed by atoms with Crippen molar-refractivity contribution in [2.45, 2.75) is 13.0 Å². The third-order valence-electron chi connectivity index (χ3n) is 3.91. The molecule has 3 rings (SSSR count). The molecule has 2 aromatic rings. The molecule has 0 bridgehead atoms. The molecular formula is C17H21N5O2. The quantitative estimate of drug-likeness (QED) is 0.882. The van der Waals surface area contributed by atoms with Crippen LogP contribution in [0.3, 0.4) is 0 Å². The van der Waals surface area contributed by atoms with E-state index in [9.17, 15) is 4.79 Å². The van der Waals surface area contributed by atoms with Crippen LogP contribution in [-0.4, -0.2) is 64.6 Å². The molecule has 3 heterocycles. The Bertz CT molecular complexity index is 674. The smallest absolute Gasteiger partial charge is 0.253 e. The van der Waals surface area contributed by atoms with Crippen molar-refractivity contribution in [2.75, 3.05) is 32.8 Å². The van der Waals surface area contributed by atoms with Gasteiger partial charge in [-0.15, -0.1) is 0 Å². The summed E-state index contributed by atoms with van der Waals surface area (Å²) in [5, 5.41) is 3.03. The molecule has 1 aliphatic rings. The van der Waals surface area contributed by atoms with Crippen molar-refractivity contribution in [3.63, 3.8) is 0 Å². The normalized spacial score (nSPS) is 16.5. The summed E-state index contributed by atoms with van der Waals surface area (Å²) in [6.07, 6.45) is 8.15. The molecule has 0 radical (unpaired) electrons. The maximum absolute atomic E-state index is 12.5. The first-order valence-electron chi connectivity index (χ1n) is 8.04. The molecule has 1 amide bonds. The number of pyridine rings is 1. The van der Waals surface area contributed by atoms with Gasteiger partial charge in [-0.25, -0.2) is 9.97 Å². The minimum atomic E-state index is -0.123. The molecular weight excluding hydrogens is 306 g/mol. The van der Waals surface area contributed by atoms with Gasteiger partial charge >= 0.3 is 0 Å². The fraction of sp³-hybridized carbons (Fsp3) is 0.412. The zero-order valence-electron chi connectivity index (χ0n) is 13.7. The number of aromatic nitrogens is 3. The predicted octanol–water partition coefficient (Wildman–Crippen LogP) is 0.989. The van der Waals surface area contributed by atoms with Crippen LogP contribution in [-0.2, 0) is 4.74 Å². The molecule has 1 atom stereocenters. The van der Waals surface area contributed by atoms with E-state index < -0.39 is 0 Å². The van der Waals surface area contributed by atoms with E-state index in [-0.39, 0.29) is 11.9 Å². The summed E-state index contributed by atoms with van der Waals surface area (Å²) in [5.41, 5.74) is 2.19. The number of nitrogens with one attached hydrogen (secondary N) is 1. The summed E-state index contributed by atoms with van der Waals surface area (Å²) < 4.78 is 5.34. The topological polar surface area (TPSA) is 80.2 Å². The largest absolute Gasteiger partial charge is 0.379 e. The summed E-state index contributed by atoms with van der Waals surface area (Å²) in [7, 11) is 0. The summed E-state index contributed by atoms with van der Waals surface area (Å²) in [5.74, 6) is -0.123.